The van der Waals surface area contributed by atoms with Crippen LogP contribution in [0.15, 0.2) is 18.2 Å². The van der Waals surface area contributed by atoms with Crippen molar-refractivity contribution in [1.82, 2.24) is 5.32 Å². The molecule has 0 radical (unpaired) electrons. The lowest BCUT2D eigenvalue weighted by atomic mass is 10.1. The molecule has 0 fully saturated rings. The summed E-state index contributed by atoms with van der Waals surface area (Å²) in [5.74, 6) is 0.631. The van der Waals surface area contributed by atoms with Crippen molar-refractivity contribution in [2.45, 2.75) is 38.7 Å². The van der Waals surface area contributed by atoms with E-state index in [1.165, 1.54) is 12.5 Å². The minimum Gasteiger partial charge on any atom is -0.488 e. The van der Waals surface area contributed by atoms with Gasteiger partial charge in [-0.05, 0) is 37.6 Å². The molecule has 1 unspecified atom stereocenters. The van der Waals surface area contributed by atoms with Crippen molar-refractivity contribution in [3.63, 3.8) is 0 Å². The van der Waals surface area contributed by atoms with Crippen molar-refractivity contribution in [3.05, 3.63) is 29.6 Å². The second-order valence-corrected chi connectivity index (χ2v) is 5.22. The molecule has 1 N–H and O–H groups in total. The Morgan fingerprint density at radius 3 is 3.05 bits per heavy atom. The third-order valence-corrected chi connectivity index (χ3v) is 3.42. The molecule has 2 rings (SSSR count). The van der Waals surface area contributed by atoms with Crippen LogP contribution in [-0.4, -0.2) is 32.4 Å². The first-order valence-electron chi connectivity index (χ1n) is 7.53. The van der Waals surface area contributed by atoms with Gasteiger partial charge in [0, 0.05) is 31.7 Å². The van der Waals surface area contributed by atoms with Gasteiger partial charge in [-0.3, -0.25) is 0 Å². The van der Waals surface area contributed by atoms with Gasteiger partial charge in [-0.15, -0.1) is 0 Å². The molecule has 0 aromatic heterocycles. The zero-order valence-electron chi connectivity index (χ0n) is 12.2. The van der Waals surface area contributed by atoms with E-state index in [0.717, 1.165) is 56.9 Å². The van der Waals surface area contributed by atoms with E-state index in [-0.39, 0.29) is 11.9 Å². The summed E-state index contributed by atoms with van der Waals surface area (Å²) in [6, 6.07) is 4.73. The maximum absolute atomic E-state index is 13.1. The standard InChI is InChI=1S/C16H24FNO2/c1-2-3-8-19-9-4-7-18-12-15-11-13-10-14(17)5-6-16(13)20-15/h5-6,10,15,18H,2-4,7-9,11-12H2,1H3. The average Bonchev–Trinajstić information content (AvgIpc) is 2.83. The fourth-order valence-electron chi connectivity index (χ4n) is 2.31. The average molecular weight is 281 g/mol. The topological polar surface area (TPSA) is 30.5 Å². The van der Waals surface area contributed by atoms with Crippen molar-refractivity contribution in [2.24, 2.45) is 0 Å². The van der Waals surface area contributed by atoms with Gasteiger partial charge in [0.1, 0.15) is 17.7 Å². The second-order valence-electron chi connectivity index (χ2n) is 5.22. The number of hydrogen-bond donors (Lipinski definition) is 1. The van der Waals surface area contributed by atoms with Gasteiger partial charge < -0.3 is 14.8 Å². The maximum Gasteiger partial charge on any atom is 0.123 e. The number of ether oxygens (including phenoxy) is 2. The van der Waals surface area contributed by atoms with Crippen molar-refractivity contribution in [2.75, 3.05) is 26.3 Å². The monoisotopic (exact) mass is 281 g/mol. The number of nitrogens with one attached hydrogen (secondary N) is 1. The molecule has 1 aromatic carbocycles. The van der Waals surface area contributed by atoms with Gasteiger partial charge >= 0.3 is 0 Å². The van der Waals surface area contributed by atoms with E-state index in [9.17, 15) is 4.39 Å². The predicted octanol–water partition coefficient (Wildman–Crippen LogP) is 2.93. The Labute approximate surface area is 120 Å². The fraction of sp³-hybridized carbons (Fsp3) is 0.625. The van der Waals surface area contributed by atoms with E-state index in [1.807, 2.05) is 0 Å². The van der Waals surface area contributed by atoms with E-state index >= 15 is 0 Å². The van der Waals surface area contributed by atoms with Crippen LogP contribution >= 0.6 is 0 Å². The molecule has 0 saturated heterocycles. The summed E-state index contributed by atoms with van der Waals surface area (Å²) in [6.07, 6.45) is 4.23. The van der Waals surface area contributed by atoms with Crippen LogP contribution in [0.4, 0.5) is 4.39 Å². The summed E-state index contributed by atoms with van der Waals surface area (Å²) in [4.78, 5) is 0. The molecule has 1 aromatic rings. The third-order valence-electron chi connectivity index (χ3n) is 3.42. The molecule has 1 aliphatic heterocycles. The first kappa shape index (κ1) is 15.3. The van der Waals surface area contributed by atoms with Gasteiger partial charge in [0.25, 0.3) is 0 Å². The van der Waals surface area contributed by atoms with Gasteiger partial charge in [0.15, 0.2) is 0 Å². The van der Waals surface area contributed by atoms with E-state index in [0.29, 0.717) is 0 Å². The highest BCUT2D eigenvalue weighted by Gasteiger charge is 2.22. The molecule has 1 aliphatic rings. The fourth-order valence-corrected chi connectivity index (χ4v) is 2.31. The lowest BCUT2D eigenvalue weighted by Crippen LogP contribution is -2.31. The largest absolute Gasteiger partial charge is 0.488 e. The molecule has 1 heterocycles. The molecule has 0 spiro atoms. The van der Waals surface area contributed by atoms with Crippen LogP contribution in [0.2, 0.25) is 0 Å². The van der Waals surface area contributed by atoms with Crippen LogP contribution in [0.25, 0.3) is 0 Å². The molecule has 20 heavy (non-hydrogen) atoms. The molecule has 0 amide bonds. The smallest absolute Gasteiger partial charge is 0.123 e. The highest BCUT2D eigenvalue weighted by atomic mass is 19.1. The van der Waals surface area contributed by atoms with E-state index in [1.54, 1.807) is 12.1 Å². The number of rotatable bonds is 9. The predicted molar refractivity (Wildman–Crippen MR) is 77.7 cm³/mol. The number of hydrogen-bond acceptors (Lipinski definition) is 3. The molecular formula is C16H24FNO2. The first-order chi connectivity index (χ1) is 9.79. The van der Waals surface area contributed by atoms with Crippen molar-refractivity contribution in [3.8, 4) is 5.75 Å². The molecule has 1 atom stereocenters. The lowest BCUT2D eigenvalue weighted by molar-refractivity contribution is 0.128. The van der Waals surface area contributed by atoms with Gasteiger partial charge in [0.2, 0.25) is 0 Å². The Kier molecular flexibility index (Phi) is 6.27. The van der Waals surface area contributed by atoms with E-state index < -0.39 is 0 Å². The molecular weight excluding hydrogens is 257 g/mol. The van der Waals surface area contributed by atoms with E-state index in [2.05, 4.69) is 12.2 Å². The van der Waals surface area contributed by atoms with Crippen molar-refractivity contribution < 1.29 is 13.9 Å². The Bertz CT molecular complexity index is 411. The summed E-state index contributed by atoms with van der Waals surface area (Å²) >= 11 is 0. The quantitative estimate of drug-likeness (QED) is 0.706. The van der Waals surface area contributed by atoms with Gasteiger partial charge in [-0.25, -0.2) is 4.39 Å². The van der Waals surface area contributed by atoms with Crippen LogP contribution in [0.5, 0.6) is 5.75 Å². The zero-order valence-corrected chi connectivity index (χ0v) is 12.2. The maximum atomic E-state index is 13.1. The number of benzene rings is 1. The summed E-state index contributed by atoms with van der Waals surface area (Å²) in [5.41, 5.74) is 0.972. The minimum absolute atomic E-state index is 0.118. The van der Waals surface area contributed by atoms with Crippen molar-refractivity contribution in [1.29, 1.82) is 0 Å². The van der Waals surface area contributed by atoms with Gasteiger partial charge in [-0.1, -0.05) is 13.3 Å². The lowest BCUT2D eigenvalue weighted by Gasteiger charge is -2.11. The Morgan fingerprint density at radius 1 is 1.35 bits per heavy atom. The minimum atomic E-state index is -0.190. The highest BCUT2D eigenvalue weighted by molar-refractivity contribution is 5.37. The molecule has 3 nitrogen and oxygen atoms in total. The SMILES string of the molecule is CCCCOCCCNCC1Cc2cc(F)ccc2O1. The number of unbranched alkanes of at least 4 members (excludes halogenated alkanes) is 1. The van der Waals surface area contributed by atoms with Gasteiger partial charge in [-0.2, -0.15) is 0 Å². The molecule has 0 bridgehead atoms. The number of halogens is 1. The highest BCUT2D eigenvalue weighted by Crippen LogP contribution is 2.28. The molecule has 0 saturated carbocycles. The molecule has 0 aliphatic carbocycles. The summed E-state index contributed by atoms with van der Waals surface area (Å²) < 4.78 is 24.3. The zero-order chi connectivity index (χ0) is 14.2. The van der Waals surface area contributed by atoms with Crippen LogP contribution in [0.3, 0.4) is 0 Å². The summed E-state index contributed by atoms with van der Waals surface area (Å²) in [6.45, 7) is 5.56. The van der Waals surface area contributed by atoms with Crippen LogP contribution in [0, 0.1) is 5.82 Å². The Hall–Kier alpha value is -1.13. The number of fused-ring (bicyclic) bond motifs is 1. The van der Waals surface area contributed by atoms with Crippen molar-refractivity contribution >= 4 is 0 Å². The normalized spacial score (nSPS) is 17.0. The van der Waals surface area contributed by atoms with Gasteiger partial charge in [0.05, 0.1) is 0 Å². The summed E-state index contributed by atoms with van der Waals surface area (Å²) in [5, 5.41) is 3.37. The Morgan fingerprint density at radius 2 is 2.20 bits per heavy atom. The second kappa shape index (κ2) is 8.22. The first-order valence-corrected chi connectivity index (χ1v) is 7.53. The van der Waals surface area contributed by atoms with Crippen LogP contribution < -0.4 is 10.1 Å². The van der Waals surface area contributed by atoms with Crippen LogP contribution in [-0.2, 0) is 11.2 Å². The van der Waals surface area contributed by atoms with Crippen LogP contribution in [0.1, 0.15) is 31.7 Å². The molecule has 4 heteroatoms. The van der Waals surface area contributed by atoms with E-state index in [4.69, 9.17) is 9.47 Å². The Balaban J connectivity index is 1.54. The molecule has 112 valence electrons. The third kappa shape index (κ3) is 4.76. The summed E-state index contributed by atoms with van der Waals surface area (Å²) in [7, 11) is 0.